The van der Waals surface area contributed by atoms with E-state index in [9.17, 15) is 9.59 Å². The van der Waals surface area contributed by atoms with Gasteiger partial charge in [-0.25, -0.2) is 4.79 Å². The smallest absolute Gasteiger partial charge is 0.321 e. The predicted molar refractivity (Wildman–Crippen MR) is 89.8 cm³/mol. The summed E-state index contributed by atoms with van der Waals surface area (Å²) < 4.78 is 0. The molecule has 2 saturated heterocycles. The van der Waals surface area contributed by atoms with Gasteiger partial charge in [0.05, 0.1) is 0 Å². The Bertz CT molecular complexity index is 469. The molecule has 0 spiro atoms. The first kappa shape index (κ1) is 16.3. The predicted octanol–water partition coefficient (Wildman–Crippen LogP) is 2.88. The summed E-state index contributed by atoms with van der Waals surface area (Å²) in [5.74, 6) is 0.747. The number of allylic oxidation sites excluding steroid dienone is 2. The van der Waals surface area contributed by atoms with E-state index in [2.05, 4.69) is 11.4 Å². The number of amides is 3. The van der Waals surface area contributed by atoms with E-state index in [4.69, 9.17) is 0 Å². The zero-order valence-corrected chi connectivity index (χ0v) is 14.1. The number of hydrogen-bond donors (Lipinski definition) is 1. The number of fused-ring (bicyclic) bond motifs is 1. The second-order valence-corrected chi connectivity index (χ2v) is 6.97. The quantitative estimate of drug-likeness (QED) is 0.869. The lowest BCUT2D eigenvalue weighted by molar-refractivity contribution is -0.131. The maximum atomic E-state index is 12.5. The third-order valence-corrected chi connectivity index (χ3v) is 5.34. The Morgan fingerprint density at radius 1 is 1.04 bits per heavy atom. The molecule has 0 aromatic carbocycles. The minimum absolute atomic E-state index is 0.0192. The minimum Gasteiger partial charge on any atom is -0.343 e. The summed E-state index contributed by atoms with van der Waals surface area (Å²) in [7, 11) is 0. The van der Waals surface area contributed by atoms with Crippen molar-refractivity contribution in [2.45, 2.75) is 57.8 Å². The topological polar surface area (TPSA) is 52.7 Å². The highest BCUT2D eigenvalue weighted by molar-refractivity contribution is 5.79. The third kappa shape index (κ3) is 4.06. The molecule has 3 amide bonds. The molecular weight excluding hydrogens is 290 g/mol. The van der Waals surface area contributed by atoms with E-state index in [0.717, 1.165) is 45.3 Å². The van der Waals surface area contributed by atoms with Gasteiger partial charge in [0.15, 0.2) is 0 Å². The largest absolute Gasteiger partial charge is 0.343 e. The van der Waals surface area contributed by atoms with Crippen molar-refractivity contribution in [3.05, 3.63) is 11.8 Å². The molecule has 0 radical (unpaired) electrons. The molecule has 0 bridgehead atoms. The van der Waals surface area contributed by atoms with Gasteiger partial charge in [0.2, 0.25) is 5.91 Å². The van der Waals surface area contributed by atoms with Gasteiger partial charge >= 0.3 is 6.03 Å². The Hall–Kier alpha value is -1.52. The maximum absolute atomic E-state index is 12.5. The van der Waals surface area contributed by atoms with Gasteiger partial charge in [-0.3, -0.25) is 9.69 Å². The number of piperidine rings is 2. The fourth-order valence-corrected chi connectivity index (χ4v) is 4.07. The second kappa shape index (κ2) is 7.84. The lowest BCUT2D eigenvalue weighted by atomic mass is 9.85. The highest BCUT2D eigenvalue weighted by Crippen LogP contribution is 2.34. The van der Waals surface area contributed by atoms with Crippen molar-refractivity contribution in [2.24, 2.45) is 5.92 Å². The highest BCUT2D eigenvalue weighted by Gasteiger charge is 2.30. The van der Waals surface area contributed by atoms with E-state index in [1.807, 2.05) is 9.80 Å². The molecule has 2 fully saturated rings. The molecule has 1 N–H and O–H groups in total. The molecule has 0 saturated carbocycles. The molecule has 1 atom stereocenters. The lowest BCUT2D eigenvalue weighted by Crippen LogP contribution is -2.45. The zero-order valence-electron chi connectivity index (χ0n) is 14.1. The number of carbonyl (C=O) groups excluding carboxylic acids is 2. The van der Waals surface area contributed by atoms with Crippen LogP contribution in [0.4, 0.5) is 4.79 Å². The van der Waals surface area contributed by atoms with Crippen molar-refractivity contribution in [1.82, 2.24) is 15.1 Å². The summed E-state index contributed by atoms with van der Waals surface area (Å²) in [4.78, 5) is 28.4. The third-order valence-electron chi connectivity index (χ3n) is 5.34. The molecule has 23 heavy (non-hydrogen) atoms. The van der Waals surface area contributed by atoms with E-state index < -0.39 is 0 Å². The van der Waals surface area contributed by atoms with Crippen LogP contribution in [0.25, 0.3) is 0 Å². The van der Waals surface area contributed by atoms with E-state index in [-0.39, 0.29) is 11.9 Å². The van der Waals surface area contributed by atoms with Gasteiger partial charge in [-0.05, 0) is 57.3 Å². The fraction of sp³-hybridized carbons (Fsp3) is 0.778. The average Bonchev–Trinajstić information content (AvgIpc) is 2.61. The summed E-state index contributed by atoms with van der Waals surface area (Å²) in [6.07, 6.45) is 12.0. The van der Waals surface area contributed by atoms with Gasteiger partial charge < -0.3 is 10.2 Å². The van der Waals surface area contributed by atoms with Gasteiger partial charge in [-0.1, -0.05) is 6.08 Å². The Morgan fingerprint density at radius 2 is 1.83 bits per heavy atom. The number of carbonyl (C=O) groups is 2. The van der Waals surface area contributed by atoms with E-state index in [0.29, 0.717) is 18.9 Å². The van der Waals surface area contributed by atoms with Gasteiger partial charge in [0.25, 0.3) is 0 Å². The second-order valence-electron chi connectivity index (χ2n) is 6.97. The Balaban J connectivity index is 1.45. The monoisotopic (exact) mass is 319 g/mol. The van der Waals surface area contributed by atoms with Crippen LogP contribution in [0.15, 0.2) is 11.8 Å². The molecule has 1 aliphatic carbocycles. The molecule has 1 unspecified atom stereocenters. The highest BCUT2D eigenvalue weighted by atomic mass is 16.2. The summed E-state index contributed by atoms with van der Waals surface area (Å²) >= 11 is 0. The number of urea groups is 1. The van der Waals surface area contributed by atoms with Gasteiger partial charge in [-0.2, -0.15) is 0 Å². The van der Waals surface area contributed by atoms with Crippen molar-refractivity contribution in [2.75, 3.05) is 26.2 Å². The van der Waals surface area contributed by atoms with Crippen LogP contribution < -0.4 is 5.32 Å². The van der Waals surface area contributed by atoms with Crippen LogP contribution in [0.3, 0.4) is 0 Å². The summed E-state index contributed by atoms with van der Waals surface area (Å²) in [6, 6.07) is -0.0192. The number of nitrogens with zero attached hydrogens (tertiary/aromatic N) is 2. The van der Waals surface area contributed by atoms with Crippen LogP contribution in [0.1, 0.15) is 57.8 Å². The van der Waals surface area contributed by atoms with Gasteiger partial charge in [0.1, 0.15) is 0 Å². The SMILES string of the molecule is O=C(CCNC(=O)N1CCCC2CCCC=C21)N1CCCCC1. The zero-order chi connectivity index (χ0) is 16.1. The summed E-state index contributed by atoms with van der Waals surface area (Å²) in [5.41, 5.74) is 1.22. The average molecular weight is 319 g/mol. The molecule has 3 aliphatic rings. The van der Waals surface area contributed by atoms with E-state index >= 15 is 0 Å². The first-order valence-electron chi connectivity index (χ1n) is 9.29. The van der Waals surface area contributed by atoms with Crippen molar-refractivity contribution in [3.8, 4) is 0 Å². The van der Waals surface area contributed by atoms with Crippen molar-refractivity contribution >= 4 is 11.9 Å². The molecule has 5 heteroatoms. The molecule has 0 aromatic heterocycles. The molecule has 2 heterocycles. The van der Waals surface area contributed by atoms with E-state index in [1.165, 1.54) is 31.4 Å². The summed E-state index contributed by atoms with van der Waals surface area (Å²) in [5, 5.41) is 2.95. The van der Waals surface area contributed by atoms with E-state index in [1.54, 1.807) is 0 Å². The van der Waals surface area contributed by atoms with Crippen LogP contribution >= 0.6 is 0 Å². The summed E-state index contributed by atoms with van der Waals surface area (Å²) in [6.45, 7) is 3.03. The normalized spacial score (nSPS) is 24.7. The molecular formula is C18H29N3O2. The number of rotatable bonds is 3. The number of likely N-dealkylation sites (tertiary alicyclic amines) is 2. The number of hydrogen-bond acceptors (Lipinski definition) is 2. The molecule has 128 valence electrons. The fourth-order valence-electron chi connectivity index (χ4n) is 4.07. The molecule has 2 aliphatic heterocycles. The van der Waals surface area contributed by atoms with Crippen LogP contribution in [0.5, 0.6) is 0 Å². The Kier molecular flexibility index (Phi) is 5.57. The Labute approximate surface area is 139 Å². The van der Waals surface area contributed by atoms with Crippen molar-refractivity contribution in [3.63, 3.8) is 0 Å². The van der Waals surface area contributed by atoms with Crippen LogP contribution in [0.2, 0.25) is 0 Å². The van der Waals surface area contributed by atoms with Crippen LogP contribution in [0, 0.1) is 5.92 Å². The molecule has 3 rings (SSSR count). The van der Waals surface area contributed by atoms with Gasteiger partial charge in [-0.15, -0.1) is 0 Å². The van der Waals surface area contributed by atoms with Crippen LogP contribution in [-0.2, 0) is 4.79 Å². The van der Waals surface area contributed by atoms with Gasteiger partial charge in [0, 0.05) is 38.3 Å². The standard InChI is InChI=1S/C18H29N3O2/c22-17(20-12-4-1-5-13-20)10-11-19-18(23)21-14-6-8-15-7-2-3-9-16(15)21/h9,15H,1-8,10-14H2,(H,19,23). The molecule has 0 aromatic rings. The Morgan fingerprint density at radius 3 is 2.65 bits per heavy atom. The first-order valence-corrected chi connectivity index (χ1v) is 9.29. The first-order chi connectivity index (χ1) is 11.3. The maximum Gasteiger partial charge on any atom is 0.321 e. The lowest BCUT2D eigenvalue weighted by Gasteiger charge is -2.37. The molecule has 5 nitrogen and oxygen atoms in total. The minimum atomic E-state index is -0.0192. The van der Waals surface area contributed by atoms with Crippen molar-refractivity contribution < 1.29 is 9.59 Å². The number of nitrogens with one attached hydrogen (secondary N) is 1. The van der Waals surface area contributed by atoms with Crippen molar-refractivity contribution in [1.29, 1.82) is 0 Å². The van der Waals surface area contributed by atoms with Crippen LogP contribution in [-0.4, -0.2) is 47.9 Å².